The topological polar surface area (TPSA) is 97.0 Å². The normalized spacial score (nSPS) is 17.5. The highest BCUT2D eigenvalue weighted by Crippen LogP contribution is 2.16. The van der Waals surface area contributed by atoms with E-state index in [4.69, 9.17) is 14.3 Å². The zero-order valence-electron chi connectivity index (χ0n) is 10.2. The lowest BCUT2D eigenvalue weighted by Gasteiger charge is -2.26. The minimum absolute atomic E-state index is 0.0976. The molecule has 1 N–H and O–H groups in total. The molecule has 1 aliphatic heterocycles. The van der Waals surface area contributed by atoms with Gasteiger partial charge in [0.15, 0.2) is 0 Å². The predicted molar refractivity (Wildman–Crippen MR) is 65.0 cm³/mol. The second-order valence-corrected chi connectivity index (χ2v) is 6.24. The minimum Gasteiger partial charge on any atom is -0.475 e. The van der Waals surface area contributed by atoms with E-state index < -0.39 is 15.8 Å². The molecular weight excluding hydrogens is 274 g/mol. The molecule has 0 saturated carbocycles. The smallest absolute Gasteiger partial charge is 0.371 e. The third kappa shape index (κ3) is 3.55. The average molecular weight is 289 g/mol. The van der Waals surface area contributed by atoms with Gasteiger partial charge in [-0.2, -0.15) is 0 Å². The first kappa shape index (κ1) is 14.0. The van der Waals surface area contributed by atoms with Crippen molar-refractivity contribution >= 4 is 15.8 Å². The fourth-order valence-electron chi connectivity index (χ4n) is 1.78. The SMILES string of the molecule is O=C(O)c1ccc(S(=O)(=O)CCN2CCOCC2)o1. The number of aromatic carboxylic acids is 1. The number of ether oxygens (including phenoxy) is 1. The zero-order chi connectivity index (χ0) is 13.9. The summed E-state index contributed by atoms with van der Waals surface area (Å²) < 4.78 is 33.9. The first-order valence-corrected chi connectivity index (χ1v) is 7.50. The molecule has 0 radical (unpaired) electrons. The van der Waals surface area contributed by atoms with Gasteiger partial charge in [-0.25, -0.2) is 13.2 Å². The highest BCUT2D eigenvalue weighted by molar-refractivity contribution is 7.91. The van der Waals surface area contributed by atoms with Gasteiger partial charge in [-0.05, 0) is 12.1 Å². The number of hydrogen-bond donors (Lipinski definition) is 1. The van der Waals surface area contributed by atoms with Crippen LogP contribution in [0.4, 0.5) is 0 Å². The van der Waals surface area contributed by atoms with Crippen molar-refractivity contribution < 1.29 is 27.5 Å². The standard InChI is InChI=1S/C11H15NO6S/c13-11(14)9-1-2-10(18-9)19(15,16)8-5-12-3-6-17-7-4-12/h1-2H,3-8H2,(H,13,14). The van der Waals surface area contributed by atoms with Crippen LogP contribution >= 0.6 is 0 Å². The molecule has 106 valence electrons. The molecule has 0 atom stereocenters. The Kier molecular flexibility index (Phi) is 4.23. The number of furan rings is 1. The molecule has 1 fully saturated rings. The van der Waals surface area contributed by atoms with Gasteiger partial charge in [0.2, 0.25) is 20.7 Å². The van der Waals surface area contributed by atoms with E-state index in [1.807, 2.05) is 4.90 Å². The van der Waals surface area contributed by atoms with Gasteiger partial charge in [0.1, 0.15) is 0 Å². The van der Waals surface area contributed by atoms with Crippen molar-refractivity contribution in [1.29, 1.82) is 0 Å². The van der Waals surface area contributed by atoms with Crippen molar-refractivity contribution in [2.24, 2.45) is 0 Å². The van der Waals surface area contributed by atoms with Gasteiger partial charge in [-0.3, -0.25) is 4.90 Å². The summed E-state index contributed by atoms with van der Waals surface area (Å²) in [5.41, 5.74) is 0. The Hall–Kier alpha value is -1.38. The summed E-state index contributed by atoms with van der Waals surface area (Å²) in [6, 6.07) is 2.32. The molecule has 0 bridgehead atoms. The summed E-state index contributed by atoms with van der Waals surface area (Å²) in [6.07, 6.45) is 0. The number of carbonyl (C=O) groups is 1. The quantitative estimate of drug-likeness (QED) is 0.820. The number of carboxylic acids is 1. The van der Waals surface area contributed by atoms with Crippen LogP contribution in [0.2, 0.25) is 0 Å². The molecule has 8 heteroatoms. The molecule has 7 nitrogen and oxygen atoms in total. The van der Waals surface area contributed by atoms with E-state index in [1.165, 1.54) is 6.07 Å². The maximum atomic E-state index is 12.0. The Balaban J connectivity index is 1.98. The lowest BCUT2D eigenvalue weighted by atomic mass is 10.4. The third-order valence-electron chi connectivity index (χ3n) is 2.88. The predicted octanol–water partition coefficient (Wildman–Crippen LogP) is 0.0837. The Bertz CT molecular complexity index is 543. The fraction of sp³-hybridized carbons (Fsp3) is 0.545. The molecule has 1 aliphatic rings. The van der Waals surface area contributed by atoms with Crippen LogP contribution in [-0.2, 0) is 14.6 Å². The maximum Gasteiger partial charge on any atom is 0.371 e. The lowest BCUT2D eigenvalue weighted by molar-refractivity contribution is 0.0407. The van der Waals surface area contributed by atoms with Crippen LogP contribution in [0.3, 0.4) is 0 Å². The van der Waals surface area contributed by atoms with Crippen LogP contribution in [0.15, 0.2) is 21.6 Å². The number of sulfone groups is 1. The molecule has 0 aliphatic carbocycles. The van der Waals surface area contributed by atoms with Crippen LogP contribution in [0.1, 0.15) is 10.6 Å². The van der Waals surface area contributed by atoms with E-state index >= 15 is 0 Å². The largest absolute Gasteiger partial charge is 0.475 e. The van der Waals surface area contributed by atoms with E-state index in [1.54, 1.807) is 0 Å². The number of hydrogen-bond acceptors (Lipinski definition) is 6. The summed E-state index contributed by atoms with van der Waals surface area (Å²) in [5, 5.41) is 8.39. The molecule has 19 heavy (non-hydrogen) atoms. The van der Waals surface area contributed by atoms with Gasteiger partial charge >= 0.3 is 5.97 Å². The minimum atomic E-state index is -3.58. The molecule has 2 heterocycles. The number of morpholine rings is 1. The van der Waals surface area contributed by atoms with Crippen molar-refractivity contribution in [3.63, 3.8) is 0 Å². The van der Waals surface area contributed by atoms with Crippen LogP contribution in [0.25, 0.3) is 0 Å². The summed E-state index contributed by atoms with van der Waals surface area (Å²) in [6.45, 7) is 2.99. The second-order valence-electron chi connectivity index (χ2n) is 4.20. The Morgan fingerprint density at radius 1 is 1.32 bits per heavy atom. The van der Waals surface area contributed by atoms with Gasteiger partial charge in [-0.1, -0.05) is 0 Å². The highest BCUT2D eigenvalue weighted by Gasteiger charge is 2.22. The monoisotopic (exact) mass is 289 g/mol. The molecule has 1 saturated heterocycles. The summed E-state index contributed by atoms with van der Waals surface area (Å²) in [4.78, 5) is 12.6. The maximum absolute atomic E-state index is 12.0. The van der Waals surface area contributed by atoms with E-state index in [2.05, 4.69) is 0 Å². The molecule has 0 aromatic carbocycles. The van der Waals surface area contributed by atoms with E-state index in [9.17, 15) is 13.2 Å². The van der Waals surface area contributed by atoms with Gasteiger partial charge in [0.05, 0.1) is 19.0 Å². The average Bonchev–Trinajstić information content (AvgIpc) is 2.88. The summed E-state index contributed by atoms with van der Waals surface area (Å²) in [7, 11) is -3.58. The Morgan fingerprint density at radius 3 is 2.58 bits per heavy atom. The molecule has 1 aromatic heterocycles. The molecule has 0 spiro atoms. The van der Waals surface area contributed by atoms with Crippen LogP contribution in [-0.4, -0.2) is 63.0 Å². The van der Waals surface area contributed by atoms with Gasteiger partial charge in [-0.15, -0.1) is 0 Å². The molecule has 0 unspecified atom stereocenters. The summed E-state index contributed by atoms with van der Waals surface area (Å²) >= 11 is 0. The number of carboxylic acid groups (broad SMARTS) is 1. The molecule has 1 aromatic rings. The first-order chi connectivity index (χ1) is 8.99. The first-order valence-electron chi connectivity index (χ1n) is 5.85. The van der Waals surface area contributed by atoms with Crippen LogP contribution < -0.4 is 0 Å². The van der Waals surface area contributed by atoms with Crippen molar-refractivity contribution in [2.75, 3.05) is 38.6 Å². The van der Waals surface area contributed by atoms with Gasteiger partial charge in [0, 0.05) is 19.6 Å². The van der Waals surface area contributed by atoms with Gasteiger partial charge < -0.3 is 14.3 Å². The number of nitrogens with zero attached hydrogens (tertiary/aromatic N) is 1. The lowest BCUT2D eigenvalue weighted by Crippen LogP contribution is -2.39. The van der Waals surface area contributed by atoms with Crippen molar-refractivity contribution in [2.45, 2.75) is 5.09 Å². The number of rotatable bonds is 5. The van der Waals surface area contributed by atoms with Crippen LogP contribution in [0, 0.1) is 0 Å². The third-order valence-corrected chi connectivity index (χ3v) is 4.43. The van der Waals surface area contributed by atoms with E-state index in [0.29, 0.717) is 32.8 Å². The van der Waals surface area contributed by atoms with Crippen molar-refractivity contribution in [1.82, 2.24) is 4.90 Å². The summed E-state index contributed by atoms with van der Waals surface area (Å²) in [5.74, 6) is -1.75. The van der Waals surface area contributed by atoms with Crippen molar-refractivity contribution in [3.8, 4) is 0 Å². The highest BCUT2D eigenvalue weighted by atomic mass is 32.2. The molecular formula is C11H15NO6S. The zero-order valence-corrected chi connectivity index (χ0v) is 11.1. The molecule has 2 rings (SSSR count). The Labute approximate surface area is 110 Å². The van der Waals surface area contributed by atoms with Gasteiger partial charge in [0.25, 0.3) is 0 Å². The van der Waals surface area contributed by atoms with E-state index in [-0.39, 0.29) is 16.6 Å². The fourth-order valence-corrected chi connectivity index (χ4v) is 2.97. The second kappa shape index (κ2) is 5.72. The van der Waals surface area contributed by atoms with Crippen LogP contribution in [0.5, 0.6) is 0 Å². The Morgan fingerprint density at radius 2 is 2.00 bits per heavy atom. The van der Waals surface area contributed by atoms with E-state index in [0.717, 1.165) is 6.07 Å². The molecule has 0 amide bonds. The van der Waals surface area contributed by atoms with Crippen molar-refractivity contribution in [3.05, 3.63) is 17.9 Å².